The van der Waals surface area contributed by atoms with Crippen LogP contribution in [0.3, 0.4) is 0 Å². The minimum Gasteiger partial charge on any atom is -0.345 e. The van der Waals surface area contributed by atoms with Gasteiger partial charge in [-0.2, -0.15) is 13.2 Å². The summed E-state index contributed by atoms with van der Waals surface area (Å²) in [6.07, 6.45) is -4.52. The maximum absolute atomic E-state index is 12.6. The lowest BCUT2D eigenvalue weighted by Crippen LogP contribution is -2.29. The molecule has 0 fully saturated rings. The number of ketones is 1. The second kappa shape index (κ2) is 6.43. The molecule has 2 rings (SSSR count). The molecule has 2 aromatic rings. The highest BCUT2D eigenvalue weighted by Gasteiger charge is 2.30. The fourth-order valence-corrected chi connectivity index (χ4v) is 1.83. The quantitative estimate of drug-likeness (QED) is 0.881. The van der Waals surface area contributed by atoms with Crippen molar-refractivity contribution in [3.05, 3.63) is 71.3 Å². The molecule has 0 aromatic heterocycles. The van der Waals surface area contributed by atoms with Gasteiger partial charge in [0.1, 0.15) is 0 Å². The number of hydrogen-bond acceptors (Lipinski definition) is 2. The molecule has 0 saturated heterocycles. The summed E-state index contributed by atoms with van der Waals surface area (Å²) in [4.78, 5) is 23.6. The smallest absolute Gasteiger partial charge is 0.345 e. The van der Waals surface area contributed by atoms with Crippen molar-refractivity contribution in [1.29, 1.82) is 0 Å². The molecular formula is C16H12F3NO2. The number of halogens is 3. The summed E-state index contributed by atoms with van der Waals surface area (Å²) in [5.41, 5.74) is -0.628. The third-order valence-electron chi connectivity index (χ3n) is 2.96. The van der Waals surface area contributed by atoms with E-state index in [1.807, 2.05) is 0 Å². The second-order valence-electron chi connectivity index (χ2n) is 4.55. The van der Waals surface area contributed by atoms with E-state index >= 15 is 0 Å². The summed E-state index contributed by atoms with van der Waals surface area (Å²) < 4.78 is 37.7. The van der Waals surface area contributed by atoms with E-state index in [1.165, 1.54) is 6.07 Å². The lowest BCUT2D eigenvalue weighted by atomic mass is 10.1. The summed E-state index contributed by atoms with van der Waals surface area (Å²) >= 11 is 0. The molecule has 6 heteroatoms. The molecule has 0 radical (unpaired) electrons. The first kappa shape index (κ1) is 15.8. The summed E-state index contributed by atoms with van der Waals surface area (Å²) in [5.74, 6) is -1.05. The van der Waals surface area contributed by atoms with Crippen molar-refractivity contribution in [1.82, 2.24) is 5.32 Å². The zero-order valence-electron chi connectivity index (χ0n) is 11.4. The molecule has 0 aliphatic rings. The van der Waals surface area contributed by atoms with Crippen LogP contribution in [0.25, 0.3) is 0 Å². The van der Waals surface area contributed by atoms with Crippen molar-refractivity contribution in [3.63, 3.8) is 0 Å². The van der Waals surface area contributed by atoms with Crippen molar-refractivity contribution in [2.75, 3.05) is 6.54 Å². The zero-order valence-corrected chi connectivity index (χ0v) is 11.4. The van der Waals surface area contributed by atoms with Crippen molar-refractivity contribution < 1.29 is 22.8 Å². The van der Waals surface area contributed by atoms with Gasteiger partial charge < -0.3 is 5.32 Å². The third-order valence-corrected chi connectivity index (χ3v) is 2.96. The van der Waals surface area contributed by atoms with Gasteiger partial charge in [-0.15, -0.1) is 0 Å². The number of carbonyl (C=O) groups excluding carboxylic acids is 2. The predicted molar refractivity (Wildman–Crippen MR) is 74.5 cm³/mol. The number of Topliss-reactive ketones (excluding diaryl/α,β-unsaturated/α-hetero) is 1. The average molecular weight is 307 g/mol. The Labute approximate surface area is 124 Å². The molecule has 3 nitrogen and oxygen atoms in total. The molecule has 0 bridgehead atoms. The SMILES string of the molecule is O=C(CNC(=O)c1cccc(C(F)(F)F)c1)c1ccccc1. The lowest BCUT2D eigenvalue weighted by molar-refractivity contribution is -0.137. The molecule has 114 valence electrons. The Hall–Kier alpha value is -2.63. The molecular weight excluding hydrogens is 295 g/mol. The minimum absolute atomic E-state index is 0.143. The van der Waals surface area contributed by atoms with Crippen LogP contribution in [0.1, 0.15) is 26.3 Å². The highest BCUT2D eigenvalue weighted by Crippen LogP contribution is 2.29. The first-order chi connectivity index (χ1) is 10.4. The van der Waals surface area contributed by atoms with Gasteiger partial charge in [0, 0.05) is 11.1 Å². The maximum atomic E-state index is 12.6. The van der Waals surface area contributed by atoms with Crippen LogP contribution in [-0.2, 0) is 6.18 Å². The van der Waals surface area contributed by atoms with Crippen molar-refractivity contribution in [3.8, 4) is 0 Å². The number of alkyl halides is 3. The van der Waals surface area contributed by atoms with Gasteiger partial charge in [-0.05, 0) is 18.2 Å². The van der Waals surface area contributed by atoms with Gasteiger partial charge in [-0.25, -0.2) is 0 Å². The van der Waals surface area contributed by atoms with E-state index in [0.29, 0.717) is 5.56 Å². The Balaban J connectivity index is 2.03. The normalized spacial score (nSPS) is 11.0. The maximum Gasteiger partial charge on any atom is 0.416 e. The Morgan fingerprint density at radius 2 is 1.55 bits per heavy atom. The molecule has 22 heavy (non-hydrogen) atoms. The van der Waals surface area contributed by atoms with E-state index in [-0.39, 0.29) is 17.9 Å². The molecule has 1 amide bonds. The molecule has 0 spiro atoms. The van der Waals surface area contributed by atoms with E-state index < -0.39 is 17.6 Å². The number of amides is 1. The molecule has 2 aromatic carbocycles. The summed E-state index contributed by atoms with van der Waals surface area (Å²) in [5, 5.41) is 2.32. The zero-order chi connectivity index (χ0) is 16.2. The number of carbonyl (C=O) groups is 2. The monoisotopic (exact) mass is 307 g/mol. The molecule has 0 unspecified atom stereocenters. The summed E-state index contributed by atoms with van der Waals surface area (Å²) in [6.45, 7) is -0.279. The summed E-state index contributed by atoms with van der Waals surface area (Å²) in [6, 6.07) is 12.3. The van der Waals surface area contributed by atoms with E-state index in [2.05, 4.69) is 5.32 Å². The van der Waals surface area contributed by atoms with Gasteiger partial charge in [0.25, 0.3) is 5.91 Å². The fraction of sp³-hybridized carbons (Fsp3) is 0.125. The van der Waals surface area contributed by atoms with Gasteiger partial charge in [0.05, 0.1) is 12.1 Å². The molecule has 0 heterocycles. The van der Waals surface area contributed by atoms with Crippen LogP contribution in [0.2, 0.25) is 0 Å². The van der Waals surface area contributed by atoms with Crippen LogP contribution in [0, 0.1) is 0 Å². The van der Waals surface area contributed by atoms with Crippen LogP contribution >= 0.6 is 0 Å². The minimum atomic E-state index is -4.52. The molecule has 0 aliphatic carbocycles. The number of hydrogen-bond donors (Lipinski definition) is 1. The molecule has 0 atom stereocenters. The molecule has 0 saturated carbocycles. The van der Waals surface area contributed by atoms with E-state index in [9.17, 15) is 22.8 Å². The van der Waals surface area contributed by atoms with Crippen LogP contribution in [0.4, 0.5) is 13.2 Å². The van der Waals surface area contributed by atoms with E-state index in [1.54, 1.807) is 30.3 Å². The number of benzene rings is 2. The van der Waals surface area contributed by atoms with Crippen LogP contribution in [-0.4, -0.2) is 18.2 Å². The molecule has 1 N–H and O–H groups in total. The Morgan fingerprint density at radius 1 is 0.909 bits per heavy atom. The topological polar surface area (TPSA) is 46.2 Å². The predicted octanol–water partition coefficient (Wildman–Crippen LogP) is 3.32. The van der Waals surface area contributed by atoms with Crippen LogP contribution < -0.4 is 5.32 Å². The lowest BCUT2D eigenvalue weighted by Gasteiger charge is -2.09. The number of nitrogens with one attached hydrogen (secondary N) is 1. The Bertz CT molecular complexity index is 681. The van der Waals surface area contributed by atoms with Gasteiger partial charge in [0.15, 0.2) is 5.78 Å². The largest absolute Gasteiger partial charge is 0.416 e. The number of rotatable bonds is 4. The van der Waals surface area contributed by atoms with Crippen LogP contribution in [0.15, 0.2) is 54.6 Å². The van der Waals surface area contributed by atoms with E-state index in [4.69, 9.17) is 0 Å². The third kappa shape index (κ3) is 3.94. The van der Waals surface area contributed by atoms with Crippen molar-refractivity contribution in [2.24, 2.45) is 0 Å². The first-order valence-electron chi connectivity index (χ1n) is 6.41. The second-order valence-corrected chi connectivity index (χ2v) is 4.55. The van der Waals surface area contributed by atoms with Crippen LogP contribution in [0.5, 0.6) is 0 Å². The summed E-state index contributed by atoms with van der Waals surface area (Å²) in [7, 11) is 0. The van der Waals surface area contributed by atoms with Gasteiger partial charge in [0.2, 0.25) is 0 Å². The average Bonchev–Trinajstić information content (AvgIpc) is 2.52. The van der Waals surface area contributed by atoms with Crippen molar-refractivity contribution in [2.45, 2.75) is 6.18 Å². The van der Waals surface area contributed by atoms with Gasteiger partial charge >= 0.3 is 6.18 Å². The van der Waals surface area contributed by atoms with E-state index in [0.717, 1.165) is 18.2 Å². The fourth-order valence-electron chi connectivity index (χ4n) is 1.83. The molecule has 0 aliphatic heterocycles. The van der Waals surface area contributed by atoms with Gasteiger partial charge in [-0.3, -0.25) is 9.59 Å². The first-order valence-corrected chi connectivity index (χ1v) is 6.41. The van der Waals surface area contributed by atoms with Crippen molar-refractivity contribution >= 4 is 11.7 Å². The van der Waals surface area contributed by atoms with Gasteiger partial charge in [-0.1, -0.05) is 36.4 Å². The highest BCUT2D eigenvalue weighted by atomic mass is 19.4. The Kier molecular flexibility index (Phi) is 4.60. The Morgan fingerprint density at radius 3 is 2.18 bits per heavy atom. The standard InChI is InChI=1S/C16H12F3NO2/c17-16(18,19)13-8-4-7-12(9-13)15(22)20-10-14(21)11-5-2-1-3-6-11/h1-9H,10H2,(H,20,22). The highest BCUT2D eigenvalue weighted by molar-refractivity contribution is 6.02.